The Bertz CT molecular complexity index is 1280. The van der Waals surface area contributed by atoms with E-state index in [2.05, 4.69) is 6.07 Å². The monoisotopic (exact) mass is 516 g/mol. The summed E-state index contributed by atoms with van der Waals surface area (Å²) < 4.78 is 45.3. The Morgan fingerprint density at radius 3 is 2.51 bits per heavy atom. The predicted molar refractivity (Wildman–Crippen MR) is 130 cm³/mol. The number of allylic oxidation sites excluding steroid dienone is 1. The maximum absolute atomic E-state index is 13.4. The van der Waals surface area contributed by atoms with E-state index in [1.807, 2.05) is 4.90 Å². The quantitative estimate of drug-likeness (QED) is 0.395. The molecule has 1 aliphatic heterocycles. The fraction of sp³-hybridized carbons (Fsp3) is 0.320. The van der Waals surface area contributed by atoms with Gasteiger partial charge in [0.25, 0.3) is 0 Å². The molecule has 0 spiro atoms. The summed E-state index contributed by atoms with van der Waals surface area (Å²) in [7, 11) is 4.76. The summed E-state index contributed by atoms with van der Waals surface area (Å²) in [6.07, 6.45) is -6.46. The minimum atomic E-state index is -4.64. The lowest BCUT2D eigenvalue weighted by Crippen LogP contribution is -2.58. The van der Waals surface area contributed by atoms with Gasteiger partial charge in [-0.2, -0.15) is 18.4 Å². The number of carbonyl (C=O) groups excluding carboxylic acids is 1. The summed E-state index contributed by atoms with van der Waals surface area (Å²) in [4.78, 5) is 17.1. The minimum absolute atomic E-state index is 0.0369. The number of nitriles is 1. The van der Waals surface area contributed by atoms with Crippen LogP contribution in [-0.4, -0.2) is 54.4 Å². The van der Waals surface area contributed by atoms with E-state index in [-0.39, 0.29) is 17.0 Å². The molecule has 0 aliphatic carbocycles. The van der Waals surface area contributed by atoms with Crippen LogP contribution in [0.5, 0.6) is 0 Å². The fourth-order valence-corrected chi connectivity index (χ4v) is 4.36. The van der Waals surface area contributed by atoms with Crippen LogP contribution in [0.2, 0.25) is 0 Å². The lowest BCUT2D eigenvalue weighted by atomic mass is 9.88. The molecule has 0 amide bonds. The highest BCUT2D eigenvalue weighted by Gasteiger charge is 2.44. The van der Waals surface area contributed by atoms with Crippen LogP contribution in [-0.2, 0) is 22.3 Å². The van der Waals surface area contributed by atoms with Crippen molar-refractivity contribution in [2.75, 3.05) is 26.1 Å². The first kappa shape index (κ1) is 27.7. The van der Waals surface area contributed by atoms with E-state index in [1.165, 1.54) is 25.1 Å². The lowest BCUT2D eigenvalue weighted by molar-refractivity contribution is -0.138. The van der Waals surface area contributed by atoms with E-state index in [1.54, 1.807) is 26.2 Å². The Kier molecular flexibility index (Phi) is 7.92. The maximum Gasteiger partial charge on any atom is 0.416 e. The van der Waals surface area contributed by atoms with E-state index in [0.717, 1.165) is 29.0 Å². The summed E-state index contributed by atoms with van der Waals surface area (Å²) in [5.41, 5.74) is 6.40. The second-order valence-electron chi connectivity index (χ2n) is 8.68. The van der Waals surface area contributed by atoms with Crippen molar-refractivity contribution < 1.29 is 27.8 Å². The number of hydrogen-bond acceptors (Lipinski definition) is 7. The number of alkyl halides is 3. The molecule has 0 bridgehead atoms. The average molecular weight is 517 g/mol. The van der Waals surface area contributed by atoms with E-state index in [9.17, 15) is 28.3 Å². The van der Waals surface area contributed by atoms with Gasteiger partial charge in [-0.15, -0.1) is 0 Å². The van der Waals surface area contributed by atoms with Crippen LogP contribution in [0.1, 0.15) is 35.2 Å². The molecule has 2 atom stereocenters. The topological polar surface area (TPSA) is 130 Å². The van der Waals surface area contributed by atoms with Crippen molar-refractivity contribution in [1.82, 2.24) is 9.80 Å². The van der Waals surface area contributed by atoms with Crippen LogP contribution in [0.3, 0.4) is 0 Å². The van der Waals surface area contributed by atoms with Crippen molar-refractivity contribution in [2.24, 2.45) is 5.73 Å². The van der Waals surface area contributed by atoms with Gasteiger partial charge in [0, 0.05) is 17.9 Å². The third-order valence-corrected chi connectivity index (χ3v) is 5.91. The molecular formula is C25H27F3N6O3. The molecule has 0 fully saturated rings. The van der Waals surface area contributed by atoms with E-state index in [0.29, 0.717) is 23.2 Å². The number of ether oxygens (including phenoxy) is 1. The lowest BCUT2D eigenvalue weighted by Gasteiger charge is -2.46. The summed E-state index contributed by atoms with van der Waals surface area (Å²) in [5, 5.41) is 28.8. The molecule has 2 aromatic rings. The number of aliphatic hydroxyl groups is 1. The molecule has 12 heteroatoms. The zero-order chi connectivity index (χ0) is 27.7. The van der Waals surface area contributed by atoms with Crippen LogP contribution in [0.15, 0.2) is 53.7 Å². The van der Waals surface area contributed by atoms with Crippen LogP contribution < -0.4 is 10.6 Å². The highest BCUT2D eigenvalue weighted by Crippen LogP contribution is 2.42. The molecule has 4 N–H and O–H groups in total. The second kappa shape index (κ2) is 10.6. The van der Waals surface area contributed by atoms with Crippen LogP contribution >= 0.6 is 0 Å². The Balaban J connectivity index is 2.34. The van der Waals surface area contributed by atoms with Gasteiger partial charge >= 0.3 is 12.1 Å². The van der Waals surface area contributed by atoms with Gasteiger partial charge in [0.05, 0.1) is 35.9 Å². The molecule has 2 unspecified atom stereocenters. The Hall–Kier alpha value is -3.92. The predicted octanol–water partition coefficient (Wildman–Crippen LogP) is 3.12. The second-order valence-corrected chi connectivity index (χ2v) is 8.68. The summed E-state index contributed by atoms with van der Waals surface area (Å²) in [6, 6.07) is 9.95. The number of hydrogen-bond donors (Lipinski definition) is 3. The SMILES string of the molecule is COC(=O)C1=C(C)N(c2cccc(C(F)(F)F)c2)C(=N)N(C(N)O)C1c1ccc(C#N)cc1CN(C)C. The van der Waals surface area contributed by atoms with E-state index in [4.69, 9.17) is 15.9 Å². The first-order chi connectivity index (χ1) is 17.3. The number of nitrogens with one attached hydrogen (secondary N) is 1. The van der Waals surface area contributed by atoms with Gasteiger partial charge in [0.2, 0.25) is 5.96 Å². The van der Waals surface area contributed by atoms with E-state index >= 15 is 0 Å². The zero-order valence-electron chi connectivity index (χ0n) is 20.7. The van der Waals surface area contributed by atoms with Crippen molar-refractivity contribution in [2.45, 2.75) is 32.0 Å². The highest BCUT2D eigenvalue weighted by molar-refractivity contribution is 6.04. The fourth-order valence-electron chi connectivity index (χ4n) is 4.36. The highest BCUT2D eigenvalue weighted by atomic mass is 19.4. The van der Waals surface area contributed by atoms with Gasteiger partial charge in [-0.1, -0.05) is 12.1 Å². The van der Waals surface area contributed by atoms with Crippen molar-refractivity contribution >= 4 is 17.6 Å². The number of nitrogens with zero attached hydrogens (tertiary/aromatic N) is 4. The first-order valence-corrected chi connectivity index (χ1v) is 11.1. The largest absolute Gasteiger partial charge is 0.466 e. The number of anilines is 1. The molecule has 196 valence electrons. The Morgan fingerprint density at radius 2 is 1.97 bits per heavy atom. The molecule has 37 heavy (non-hydrogen) atoms. The summed E-state index contributed by atoms with van der Waals surface area (Å²) in [5.74, 6) is -1.28. The van der Waals surface area contributed by atoms with Crippen molar-refractivity contribution in [3.05, 3.63) is 76.0 Å². The van der Waals surface area contributed by atoms with Gasteiger partial charge in [-0.3, -0.25) is 20.9 Å². The van der Waals surface area contributed by atoms with Gasteiger partial charge in [0.15, 0.2) is 6.35 Å². The van der Waals surface area contributed by atoms with Crippen LogP contribution in [0, 0.1) is 16.7 Å². The smallest absolute Gasteiger partial charge is 0.416 e. The van der Waals surface area contributed by atoms with Gasteiger partial charge < -0.3 is 14.7 Å². The number of benzene rings is 2. The normalized spacial score (nSPS) is 17.2. The van der Waals surface area contributed by atoms with Gasteiger partial charge in [-0.25, -0.2) is 4.79 Å². The van der Waals surface area contributed by atoms with Gasteiger partial charge in [0.1, 0.15) is 0 Å². The molecule has 2 aromatic carbocycles. The number of guanidine groups is 1. The molecule has 0 radical (unpaired) electrons. The number of halogens is 3. The third-order valence-electron chi connectivity index (χ3n) is 5.91. The Labute approximate surface area is 212 Å². The molecule has 0 saturated carbocycles. The summed E-state index contributed by atoms with van der Waals surface area (Å²) >= 11 is 0. The number of nitrogens with two attached hydrogens (primary N) is 1. The van der Waals surface area contributed by atoms with Crippen molar-refractivity contribution in [3.63, 3.8) is 0 Å². The number of rotatable bonds is 6. The zero-order valence-corrected chi connectivity index (χ0v) is 20.7. The molecule has 3 rings (SSSR count). The maximum atomic E-state index is 13.4. The minimum Gasteiger partial charge on any atom is -0.466 e. The molecule has 0 aromatic heterocycles. The van der Waals surface area contributed by atoms with Crippen molar-refractivity contribution in [1.29, 1.82) is 10.7 Å². The molecule has 1 aliphatic rings. The number of methoxy groups -OCH3 is 1. The van der Waals surface area contributed by atoms with E-state index < -0.39 is 36.1 Å². The number of esters is 1. The molecular weight excluding hydrogens is 489 g/mol. The van der Waals surface area contributed by atoms with Crippen LogP contribution in [0.25, 0.3) is 0 Å². The van der Waals surface area contributed by atoms with Crippen LogP contribution in [0.4, 0.5) is 18.9 Å². The Morgan fingerprint density at radius 1 is 1.30 bits per heavy atom. The van der Waals surface area contributed by atoms with Crippen molar-refractivity contribution in [3.8, 4) is 6.07 Å². The summed E-state index contributed by atoms with van der Waals surface area (Å²) in [6.45, 7) is 1.82. The molecule has 9 nitrogen and oxygen atoms in total. The molecule has 0 saturated heterocycles. The molecule has 1 heterocycles. The number of aliphatic hydroxyl groups excluding tert-OH is 1. The number of carbonyl (C=O) groups is 1. The van der Waals surface area contributed by atoms with Gasteiger partial charge in [-0.05, 0) is 62.5 Å². The first-order valence-electron chi connectivity index (χ1n) is 11.1. The average Bonchev–Trinajstić information content (AvgIpc) is 2.82. The third kappa shape index (κ3) is 5.43. The standard InChI is InChI=1S/C25H27F3N6O3/c1-14-20(22(35)37-4)21(19-9-8-15(12-29)10-16(19)13-32(2)3)34(24(31)36)23(30)33(14)18-7-5-6-17(11-18)25(26,27)28/h5-11,21,24,30,36H,13,31H2,1-4H3.